The second-order valence-corrected chi connectivity index (χ2v) is 7.18. The number of hydrogen-bond donors (Lipinski definition) is 1. The van der Waals surface area contributed by atoms with Crippen molar-refractivity contribution in [2.24, 2.45) is 0 Å². The molecule has 0 atom stereocenters. The lowest BCUT2D eigenvalue weighted by molar-refractivity contribution is -0.580. The van der Waals surface area contributed by atoms with E-state index in [9.17, 15) is 10.4 Å². The Bertz CT molecular complexity index is 591. The van der Waals surface area contributed by atoms with Gasteiger partial charge < -0.3 is 10.4 Å². The third kappa shape index (κ3) is 2.49. The Labute approximate surface area is 133 Å². The zero-order valence-electron chi connectivity index (χ0n) is 12.1. The van der Waals surface area contributed by atoms with Crippen LogP contribution < -0.4 is 0 Å². The Hall–Kier alpha value is -0.920. The molecule has 0 unspecified atom stereocenters. The molecule has 0 amide bonds. The van der Waals surface area contributed by atoms with Gasteiger partial charge in [-0.15, -0.1) is 5.06 Å². The summed E-state index contributed by atoms with van der Waals surface area (Å²) < 4.78 is 2.01. The summed E-state index contributed by atoms with van der Waals surface area (Å²) in [5, 5.41) is 23.7. The monoisotopic (exact) mass is 386 g/mol. The van der Waals surface area contributed by atoms with Gasteiger partial charge >= 0.3 is 0 Å². The quantitative estimate of drug-likeness (QED) is 0.481. The first-order chi connectivity index (χ1) is 9.17. The predicted octanol–water partition coefficient (Wildman–Crippen LogP) is 3.48. The lowest BCUT2D eigenvalue weighted by Gasteiger charge is -2.29. The van der Waals surface area contributed by atoms with Crippen molar-refractivity contribution in [2.75, 3.05) is 0 Å². The summed E-state index contributed by atoms with van der Waals surface area (Å²) in [4.78, 5) is 0. The minimum absolute atomic E-state index is 0.545. The maximum atomic E-state index is 12.4. The van der Waals surface area contributed by atoms with Crippen LogP contribution in [0.2, 0.25) is 0 Å². The first-order valence-corrected chi connectivity index (χ1v) is 7.53. The second kappa shape index (κ2) is 5.13. The van der Waals surface area contributed by atoms with Crippen molar-refractivity contribution in [3.63, 3.8) is 0 Å². The molecule has 1 N–H and O–H groups in total. The van der Waals surface area contributed by atoms with Gasteiger partial charge in [0.2, 0.25) is 11.4 Å². The third-order valence-electron chi connectivity index (χ3n) is 3.67. The van der Waals surface area contributed by atoms with Crippen LogP contribution in [-0.4, -0.2) is 31.9 Å². The second-order valence-electron chi connectivity index (χ2n) is 5.93. The summed E-state index contributed by atoms with van der Waals surface area (Å²) in [6.07, 6.45) is 3.69. The van der Waals surface area contributed by atoms with E-state index < -0.39 is 11.2 Å². The van der Waals surface area contributed by atoms with Crippen molar-refractivity contribution in [1.82, 2.24) is 5.06 Å². The van der Waals surface area contributed by atoms with E-state index in [2.05, 4.69) is 22.6 Å². The number of halogens is 1. The number of hydrogen-bond acceptors (Lipinski definition) is 3. The molecule has 1 aliphatic rings. The summed E-state index contributed by atoms with van der Waals surface area (Å²) in [6.45, 7) is 7.07. The van der Waals surface area contributed by atoms with E-state index in [1.807, 2.05) is 44.2 Å². The summed E-state index contributed by atoms with van der Waals surface area (Å²) in [7, 11) is 0. The molecule has 1 aromatic rings. The Morgan fingerprint density at radius 3 is 2.40 bits per heavy atom. The summed E-state index contributed by atoms with van der Waals surface area (Å²) >= 11 is 2.25. The fraction of sp³-hybridized carbons (Fsp3) is 0.400. The van der Waals surface area contributed by atoms with Crippen LogP contribution >= 0.6 is 22.6 Å². The smallest absolute Gasteiger partial charge is 0.245 e. The fourth-order valence-corrected chi connectivity index (χ4v) is 3.05. The Morgan fingerprint density at radius 1 is 1.25 bits per heavy atom. The van der Waals surface area contributed by atoms with Crippen molar-refractivity contribution < 1.29 is 9.95 Å². The molecule has 0 saturated heterocycles. The van der Waals surface area contributed by atoms with Crippen LogP contribution in [0.15, 0.2) is 30.3 Å². The van der Waals surface area contributed by atoms with Gasteiger partial charge in [-0.2, -0.15) is 4.74 Å². The van der Waals surface area contributed by atoms with Crippen molar-refractivity contribution in [3.8, 4) is 0 Å². The standard InChI is InChI=1S/C15H19IN2O2/c1-14(2)13(17(19)15(3,4)18(14)20)9-8-11-6-5-7-12(16)10-11/h5-10,20H,1-4H3/b9-8+. The SMILES string of the molecule is CC1(C)C(/C=C/c2cccc(I)c2)=[N+]([O-])C(C)(C)N1O. The summed E-state index contributed by atoms with van der Waals surface area (Å²) in [5.41, 5.74) is -0.107. The molecular formula is C15H19IN2O2. The average Bonchev–Trinajstić information content (AvgIpc) is 2.47. The van der Waals surface area contributed by atoms with Crippen LogP contribution in [0.5, 0.6) is 0 Å². The summed E-state index contributed by atoms with van der Waals surface area (Å²) in [6, 6.07) is 8.01. The van der Waals surface area contributed by atoms with Gasteiger partial charge in [-0.3, -0.25) is 0 Å². The number of nitrogens with zero attached hydrogens (tertiary/aromatic N) is 2. The minimum atomic E-state index is -0.964. The van der Waals surface area contributed by atoms with Crippen LogP contribution in [0, 0.1) is 8.78 Å². The fourth-order valence-electron chi connectivity index (χ4n) is 2.48. The maximum Gasteiger partial charge on any atom is 0.245 e. The first-order valence-electron chi connectivity index (χ1n) is 6.45. The molecule has 0 bridgehead atoms. The summed E-state index contributed by atoms with van der Waals surface area (Å²) in [5.74, 6) is 0. The van der Waals surface area contributed by atoms with E-state index in [1.165, 1.54) is 0 Å². The predicted molar refractivity (Wildman–Crippen MR) is 88.6 cm³/mol. The van der Waals surface area contributed by atoms with Crippen LogP contribution in [0.4, 0.5) is 0 Å². The van der Waals surface area contributed by atoms with Crippen LogP contribution in [0.1, 0.15) is 33.3 Å². The highest BCUT2D eigenvalue weighted by atomic mass is 127. The van der Waals surface area contributed by atoms with Gasteiger partial charge in [0, 0.05) is 23.5 Å². The largest absolute Gasteiger partial charge is 0.622 e. The van der Waals surface area contributed by atoms with Gasteiger partial charge in [0.05, 0.1) is 0 Å². The lowest BCUT2D eigenvalue weighted by atomic mass is 9.97. The van der Waals surface area contributed by atoms with E-state index in [1.54, 1.807) is 19.9 Å². The first kappa shape index (κ1) is 15.5. The van der Waals surface area contributed by atoms with Crippen LogP contribution in [0.3, 0.4) is 0 Å². The molecule has 0 fully saturated rings. The van der Waals surface area contributed by atoms with E-state index in [0.29, 0.717) is 5.71 Å². The maximum absolute atomic E-state index is 12.4. The van der Waals surface area contributed by atoms with Gasteiger partial charge in [-0.1, -0.05) is 12.1 Å². The van der Waals surface area contributed by atoms with Crippen LogP contribution in [-0.2, 0) is 0 Å². The molecule has 0 radical (unpaired) electrons. The van der Waals surface area contributed by atoms with Crippen molar-refractivity contribution in [3.05, 3.63) is 44.7 Å². The number of hydroxylamine groups is 3. The van der Waals surface area contributed by atoms with Crippen molar-refractivity contribution >= 4 is 34.4 Å². The molecule has 5 heteroatoms. The topological polar surface area (TPSA) is 49.5 Å². The highest BCUT2D eigenvalue weighted by molar-refractivity contribution is 14.1. The molecule has 1 aliphatic heterocycles. The van der Waals surface area contributed by atoms with Gasteiger partial charge in [0.25, 0.3) is 0 Å². The van der Waals surface area contributed by atoms with Gasteiger partial charge in [-0.25, -0.2) is 0 Å². The van der Waals surface area contributed by atoms with E-state index >= 15 is 0 Å². The van der Waals surface area contributed by atoms with Gasteiger partial charge in [0.1, 0.15) is 5.54 Å². The van der Waals surface area contributed by atoms with E-state index in [4.69, 9.17) is 0 Å². The van der Waals surface area contributed by atoms with E-state index in [0.717, 1.165) is 18.9 Å². The zero-order valence-corrected chi connectivity index (χ0v) is 14.2. The molecule has 4 nitrogen and oxygen atoms in total. The molecular weight excluding hydrogens is 367 g/mol. The van der Waals surface area contributed by atoms with Crippen molar-refractivity contribution in [1.29, 1.82) is 0 Å². The minimum Gasteiger partial charge on any atom is -0.622 e. The molecule has 0 aromatic heterocycles. The highest BCUT2D eigenvalue weighted by Gasteiger charge is 2.55. The van der Waals surface area contributed by atoms with Gasteiger partial charge in [-0.05, 0) is 60.2 Å². The normalized spacial score (nSPS) is 21.9. The Kier molecular flexibility index (Phi) is 3.96. The zero-order chi connectivity index (χ0) is 15.1. The number of rotatable bonds is 2. The lowest BCUT2D eigenvalue weighted by Crippen LogP contribution is -2.51. The molecule has 2 rings (SSSR count). The average molecular weight is 386 g/mol. The molecule has 20 heavy (non-hydrogen) atoms. The van der Waals surface area contributed by atoms with Crippen molar-refractivity contribution in [2.45, 2.75) is 38.9 Å². The molecule has 108 valence electrons. The Morgan fingerprint density at radius 2 is 1.90 bits per heavy atom. The molecule has 1 heterocycles. The number of benzene rings is 1. The molecule has 0 saturated carbocycles. The highest BCUT2D eigenvalue weighted by Crippen LogP contribution is 2.32. The molecule has 1 aromatic carbocycles. The van der Waals surface area contributed by atoms with Crippen LogP contribution in [0.25, 0.3) is 6.08 Å². The molecule has 0 spiro atoms. The Balaban J connectivity index is 2.39. The van der Waals surface area contributed by atoms with E-state index in [-0.39, 0.29) is 0 Å². The molecule has 0 aliphatic carbocycles. The third-order valence-corrected chi connectivity index (χ3v) is 4.34. The van der Waals surface area contributed by atoms with Gasteiger partial charge in [0.15, 0.2) is 0 Å².